The van der Waals surface area contributed by atoms with E-state index in [0.29, 0.717) is 0 Å². The average molecular weight is 180 g/mol. The maximum Gasteiger partial charge on any atom is 0.115 e. The fraction of sp³-hybridized carbons (Fsp3) is 0.556. The van der Waals surface area contributed by atoms with Gasteiger partial charge in [-0.2, -0.15) is 0 Å². The molecular weight excluding hydrogens is 164 g/mol. The normalized spacial score (nSPS) is 17.3. The molecule has 0 amide bonds. The molecule has 0 aromatic carbocycles. The Morgan fingerprint density at radius 3 is 2.31 bits per heavy atom. The molecule has 0 radical (unpaired) electrons. The van der Waals surface area contributed by atoms with Crippen LogP contribution in [-0.2, 0) is 0 Å². The highest BCUT2D eigenvalue weighted by atomic mass is 15.2. The molecule has 1 aliphatic rings. The zero-order chi connectivity index (χ0) is 9.36. The molecule has 1 aromatic heterocycles. The standard InChI is InChI=1S/C5H12N2.C4H4N2/c1-7-4-2-3-6-5-7;1-2-5-4-6-3-1/h6H,2-5H2,1H3;1-4H. The molecule has 0 bridgehead atoms. The first-order valence-electron chi connectivity index (χ1n) is 4.49. The van der Waals surface area contributed by atoms with Crippen LogP contribution < -0.4 is 5.32 Å². The van der Waals surface area contributed by atoms with Gasteiger partial charge >= 0.3 is 0 Å². The van der Waals surface area contributed by atoms with Crippen LogP contribution in [0.15, 0.2) is 24.8 Å². The van der Waals surface area contributed by atoms with Crippen LogP contribution >= 0.6 is 0 Å². The molecule has 1 aromatic rings. The summed E-state index contributed by atoms with van der Waals surface area (Å²) in [4.78, 5) is 9.63. The summed E-state index contributed by atoms with van der Waals surface area (Å²) in [5.74, 6) is 0. The van der Waals surface area contributed by atoms with Crippen molar-refractivity contribution in [3.63, 3.8) is 0 Å². The topological polar surface area (TPSA) is 41.0 Å². The number of hydrogen-bond donors (Lipinski definition) is 1. The molecule has 0 spiro atoms. The summed E-state index contributed by atoms with van der Waals surface area (Å²) < 4.78 is 0. The van der Waals surface area contributed by atoms with Gasteiger partial charge in [0.15, 0.2) is 0 Å². The van der Waals surface area contributed by atoms with Crippen molar-refractivity contribution in [3.05, 3.63) is 24.8 Å². The first kappa shape index (κ1) is 10.1. The van der Waals surface area contributed by atoms with Crippen LogP contribution in [-0.4, -0.2) is 41.7 Å². The van der Waals surface area contributed by atoms with Crippen molar-refractivity contribution in [2.75, 3.05) is 26.8 Å². The zero-order valence-electron chi connectivity index (χ0n) is 7.98. The molecular formula is C9H16N4. The van der Waals surface area contributed by atoms with Gasteiger partial charge in [0.25, 0.3) is 0 Å². The van der Waals surface area contributed by atoms with Gasteiger partial charge < -0.3 is 5.32 Å². The van der Waals surface area contributed by atoms with Crippen molar-refractivity contribution < 1.29 is 0 Å². The predicted molar refractivity (Wildman–Crippen MR) is 52.1 cm³/mol. The Morgan fingerprint density at radius 1 is 1.31 bits per heavy atom. The number of rotatable bonds is 0. The third-order valence-electron chi connectivity index (χ3n) is 1.75. The quantitative estimate of drug-likeness (QED) is 0.625. The number of nitrogens with one attached hydrogen (secondary N) is 1. The van der Waals surface area contributed by atoms with Crippen LogP contribution in [0.25, 0.3) is 0 Å². The van der Waals surface area contributed by atoms with Gasteiger partial charge in [0.05, 0.1) is 0 Å². The van der Waals surface area contributed by atoms with Gasteiger partial charge in [0, 0.05) is 25.6 Å². The fourth-order valence-corrected chi connectivity index (χ4v) is 1.08. The Hall–Kier alpha value is -1.00. The van der Waals surface area contributed by atoms with E-state index in [9.17, 15) is 0 Å². The Labute approximate surface area is 79.0 Å². The lowest BCUT2D eigenvalue weighted by molar-refractivity contribution is 0.261. The molecule has 4 heteroatoms. The van der Waals surface area contributed by atoms with Gasteiger partial charge in [-0.25, -0.2) is 9.97 Å². The van der Waals surface area contributed by atoms with Crippen molar-refractivity contribution in [2.45, 2.75) is 6.42 Å². The van der Waals surface area contributed by atoms with E-state index in [0.717, 1.165) is 6.67 Å². The highest BCUT2D eigenvalue weighted by molar-refractivity contribution is 4.74. The largest absolute Gasteiger partial charge is 0.304 e. The Kier molecular flexibility index (Phi) is 5.05. The van der Waals surface area contributed by atoms with Gasteiger partial charge in [-0.1, -0.05) is 0 Å². The molecule has 1 saturated heterocycles. The van der Waals surface area contributed by atoms with E-state index in [2.05, 4.69) is 27.2 Å². The summed E-state index contributed by atoms with van der Waals surface area (Å²) >= 11 is 0. The van der Waals surface area contributed by atoms with Crippen LogP contribution in [0.2, 0.25) is 0 Å². The van der Waals surface area contributed by atoms with E-state index >= 15 is 0 Å². The molecule has 0 atom stereocenters. The summed E-state index contributed by atoms with van der Waals surface area (Å²) in [6, 6.07) is 1.78. The SMILES string of the molecule is CN1CCCNC1.c1cncnc1. The minimum atomic E-state index is 1.07. The molecule has 13 heavy (non-hydrogen) atoms. The molecule has 0 aliphatic carbocycles. The van der Waals surface area contributed by atoms with E-state index in [1.165, 1.54) is 25.8 Å². The third-order valence-corrected chi connectivity index (χ3v) is 1.75. The molecule has 0 unspecified atom stereocenters. The van der Waals surface area contributed by atoms with Crippen LogP contribution in [0.5, 0.6) is 0 Å². The van der Waals surface area contributed by atoms with Gasteiger partial charge in [-0.15, -0.1) is 0 Å². The third kappa shape index (κ3) is 5.27. The van der Waals surface area contributed by atoms with Crippen molar-refractivity contribution in [1.29, 1.82) is 0 Å². The molecule has 1 fully saturated rings. The second-order valence-corrected chi connectivity index (χ2v) is 3.00. The summed E-state index contributed by atoms with van der Waals surface area (Å²) in [6.45, 7) is 3.53. The minimum Gasteiger partial charge on any atom is -0.304 e. The van der Waals surface area contributed by atoms with Crippen LogP contribution in [0.4, 0.5) is 0 Å². The second kappa shape index (κ2) is 6.51. The monoisotopic (exact) mass is 180 g/mol. The Bertz CT molecular complexity index is 169. The van der Waals surface area contributed by atoms with Crippen LogP contribution in [0, 0.1) is 0 Å². The second-order valence-electron chi connectivity index (χ2n) is 3.00. The van der Waals surface area contributed by atoms with E-state index < -0.39 is 0 Å². The van der Waals surface area contributed by atoms with E-state index in [1.807, 2.05) is 0 Å². The number of aromatic nitrogens is 2. The highest BCUT2D eigenvalue weighted by Crippen LogP contribution is 1.88. The first-order valence-corrected chi connectivity index (χ1v) is 4.49. The Morgan fingerprint density at radius 2 is 2.08 bits per heavy atom. The van der Waals surface area contributed by atoms with Crippen LogP contribution in [0.3, 0.4) is 0 Å². The molecule has 1 N–H and O–H groups in total. The van der Waals surface area contributed by atoms with Crippen molar-refractivity contribution >= 4 is 0 Å². The molecule has 2 rings (SSSR count). The number of nitrogens with zero attached hydrogens (tertiary/aromatic N) is 3. The van der Waals surface area contributed by atoms with Gasteiger partial charge in [0.2, 0.25) is 0 Å². The lowest BCUT2D eigenvalue weighted by Gasteiger charge is -2.22. The molecule has 0 saturated carbocycles. The fourth-order valence-electron chi connectivity index (χ4n) is 1.08. The zero-order valence-corrected chi connectivity index (χ0v) is 7.98. The van der Waals surface area contributed by atoms with Crippen molar-refractivity contribution in [1.82, 2.24) is 20.2 Å². The summed E-state index contributed by atoms with van der Waals surface area (Å²) in [5.41, 5.74) is 0. The van der Waals surface area contributed by atoms with Gasteiger partial charge in [-0.05, 0) is 26.1 Å². The predicted octanol–water partition coefficient (Wildman–Crippen LogP) is 0.346. The van der Waals surface area contributed by atoms with Crippen LogP contribution in [0.1, 0.15) is 6.42 Å². The van der Waals surface area contributed by atoms with E-state index in [4.69, 9.17) is 0 Å². The molecule has 1 aliphatic heterocycles. The van der Waals surface area contributed by atoms with Gasteiger partial charge in [-0.3, -0.25) is 4.90 Å². The summed E-state index contributed by atoms with van der Waals surface area (Å²) in [6.07, 6.45) is 6.18. The Balaban J connectivity index is 0.000000132. The first-order chi connectivity index (χ1) is 6.39. The lowest BCUT2D eigenvalue weighted by Crippen LogP contribution is -2.38. The van der Waals surface area contributed by atoms with E-state index in [1.54, 1.807) is 18.5 Å². The van der Waals surface area contributed by atoms with Crippen molar-refractivity contribution in [3.8, 4) is 0 Å². The maximum atomic E-state index is 3.67. The average Bonchev–Trinajstić information content (AvgIpc) is 2.22. The smallest absolute Gasteiger partial charge is 0.115 e. The van der Waals surface area contributed by atoms with Gasteiger partial charge in [0.1, 0.15) is 6.33 Å². The molecule has 72 valence electrons. The molecule has 2 heterocycles. The summed E-state index contributed by atoms with van der Waals surface area (Å²) in [7, 11) is 2.13. The maximum absolute atomic E-state index is 3.67. The van der Waals surface area contributed by atoms with Crippen molar-refractivity contribution in [2.24, 2.45) is 0 Å². The number of hydrogen-bond acceptors (Lipinski definition) is 4. The minimum absolute atomic E-state index is 1.07. The highest BCUT2D eigenvalue weighted by Gasteiger charge is 2.00. The van der Waals surface area contributed by atoms with E-state index in [-0.39, 0.29) is 0 Å². The molecule has 4 nitrogen and oxygen atoms in total. The lowest BCUT2D eigenvalue weighted by atomic mass is 10.3. The summed E-state index contributed by atoms with van der Waals surface area (Å²) in [5, 5.41) is 3.26.